The van der Waals surface area contributed by atoms with Gasteiger partial charge in [0, 0.05) is 18.6 Å². The van der Waals surface area contributed by atoms with Crippen LogP contribution in [0.1, 0.15) is 32.6 Å². The zero-order valence-electron chi connectivity index (χ0n) is 10.2. The third-order valence-corrected chi connectivity index (χ3v) is 4.10. The Morgan fingerprint density at radius 1 is 1.50 bits per heavy atom. The molecule has 0 saturated carbocycles. The highest BCUT2D eigenvalue weighted by Gasteiger charge is 2.33. The maximum absolute atomic E-state index is 7.61. The lowest BCUT2D eigenvalue weighted by Gasteiger charge is -2.39. The molecule has 1 unspecified atom stereocenters. The van der Waals surface area contributed by atoms with Gasteiger partial charge in [0.1, 0.15) is 0 Å². The Labute approximate surface area is 97.6 Å². The molecule has 4 heteroatoms. The first-order valence-electron chi connectivity index (χ1n) is 6.29. The van der Waals surface area contributed by atoms with Crippen molar-refractivity contribution in [1.82, 2.24) is 4.90 Å². The molecule has 92 valence electrons. The molecule has 0 spiro atoms. The molecule has 0 amide bonds. The van der Waals surface area contributed by atoms with Gasteiger partial charge in [0.25, 0.3) is 0 Å². The minimum absolute atomic E-state index is 0.0625. The molecule has 2 rings (SSSR count). The second-order valence-electron chi connectivity index (χ2n) is 5.41. The molecule has 2 aliphatic rings. The van der Waals surface area contributed by atoms with Gasteiger partial charge in [0.2, 0.25) is 0 Å². The van der Waals surface area contributed by atoms with Crippen LogP contribution >= 0.6 is 0 Å². The zero-order chi connectivity index (χ0) is 11.6. The van der Waals surface area contributed by atoms with Gasteiger partial charge in [0.15, 0.2) is 0 Å². The monoisotopic (exact) mass is 225 g/mol. The number of hydrogen-bond donors (Lipinski definition) is 2. The number of ether oxygens (including phenoxy) is 1. The maximum Gasteiger partial charge on any atom is 0.0966 e. The molecule has 0 radical (unpaired) electrons. The van der Waals surface area contributed by atoms with Crippen LogP contribution in [0.4, 0.5) is 0 Å². The van der Waals surface area contributed by atoms with Crippen molar-refractivity contribution in [2.75, 3.05) is 26.2 Å². The molecule has 1 atom stereocenters. The van der Waals surface area contributed by atoms with Crippen LogP contribution in [-0.4, -0.2) is 43.1 Å². The Balaban J connectivity index is 1.78. The van der Waals surface area contributed by atoms with Crippen molar-refractivity contribution in [3.63, 3.8) is 0 Å². The first-order chi connectivity index (χ1) is 7.60. The minimum Gasteiger partial charge on any atom is -0.387 e. The van der Waals surface area contributed by atoms with Crippen molar-refractivity contribution >= 4 is 5.84 Å². The summed E-state index contributed by atoms with van der Waals surface area (Å²) in [5.74, 6) is 0.351. The van der Waals surface area contributed by atoms with Crippen molar-refractivity contribution in [1.29, 1.82) is 5.41 Å². The van der Waals surface area contributed by atoms with Crippen molar-refractivity contribution < 1.29 is 4.74 Å². The van der Waals surface area contributed by atoms with Crippen LogP contribution in [-0.2, 0) is 4.74 Å². The summed E-state index contributed by atoms with van der Waals surface area (Å²) in [5.41, 5.74) is 5.59. The first-order valence-corrected chi connectivity index (χ1v) is 6.29. The SMILES string of the molecule is CC1(C(=N)N)CCN(CC2CCCO2)CC1. The normalized spacial score (nSPS) is 30.4. The molecule has 2 fully saturated rings. The average molecular weight is 225 g/mol. The van der Waals surface area contributed by atoms with Crippen LogP contribution in [0, 0.1) is 10.8 Å². The van der Waals surface area contributed by atoms with E-state index in [1.807, 2.05) is 0 Å². The van der Waals surface area contributed by atoms with Crippen molar-refractivity contribution in [3.8, 4) is 0 Å². The molecule has 16 heavy (non-hydrogen) atoms. The van der Waals surface area contributed by atoms with E-state index in [1.54, 1.807) is 0 Å². The number of nitrogens with one attached hydrogen (secondary N) is 1. The van der Waals surface area contributed by atoms with Crippen LogP contribution in [0.2, 0.25) is 0 Å². The molecule has 0 aromatic carbocycles. The van der Waals surface area contributed by atoms with Gasteiger partial charge in [-0.15, -0.1) is 0 Å². The van der Waals surface area contributed by atoms with Crippen LogP contribution in [0.3, 0.4) is 0 Å². The molecule has 0 aromatic heterocycles. The zero-order valence-corrected chi connectivity index (χ0v) is 10.2. The molecular formula is C12H23N3O. The third kappa shape index (κ3) is 2.55. The lowest BCUT2D eigenvalue weighted by atomic mass is 9.79. The number of rotatable bonds is 3. The van der Waals surface area contributed by atoms with Crippen LogP contribution in [0.5, 0.6) is 0 Å². The van der Waals surface area contributed by atoms with E-state index in [-0.39, 0.29) is 5.41 Å². The van der Waals surface area contributed by atoms with Gasteiger partial charge in [-0.25, -0.2) is 0 Å². The average Bonchev–Trinajstić information content (AvgIpc) is 2.74. The van der Waals surface area contributed by atoms with Crippen molar-refractivity contribution in [3.05, 3.63) is 0 Å². The van der Waals surface area contributed by atoms with Crippen LogP contribution < -0.4 is 5.73 Å². The molecule has 2 heterocycles. The molecule has 2 aliphatic heterocycles. The molecule has 0 aliphatic carbocycles. The van der Waals surface area contributed by atoms with Gasteiger partial charge in [0.05, 0.1) is 11.9 Å². The Bertz CT molecular complexity index is 253. The fraction of sp³-hybridized carbons (Fsp3) is 0.917. The second-order valence-corrected chi connectivity index (χ2v) is 5.41. The van der Waals surface area contributed by atoms with Gasteiger partial charge in [-0.05, 0) is 38.8 Å². The fourth-order valence-electron chi connectivity index (χ4n) is 2.57. The molecule has 0 aromatic rings. The summed E-state index contributed by atoms with van der Waals surface area (Å²) < 4.78 is 5.65. The summed E-state index contributed by atoms with van der Waals surface area (Å²) in [6.07, 6.45) is 4.88. The highest BCUT2D eigenvalue weighted by molar-refractivity contribution is 5.83. The summed E-state index contributed by atoms with van der Waals surface area (Å²) in [7, 11) is 0. The topological polar surface area (TPSA) is 62.3 Å². The number of likely N-dealkylation sites (tertiary alicyclic amines) is 1. The molecular weight excluding hydrogens is 202 g/mol. The highest BCUT2D eigenvalue weighted by atomic mass is 16.5. The summed E-state index contributed by atoms with van der Waals surface area (Å²) in [4.78, 5) is 2.46. The molecule has 3 N–H and O–H groups in total. The van der Waals surface area contributed by atoms with Crippen LogP contribution in [0.15, 0.2) is 0 Å². The number of hydrogen-bond acceptors (Lipinski definition) is 3. The number of amidine groups is 1. The van der Waals surface area contributed by atoms with E-state index in [4.69, 9.17) is 15.9 Å². The van der Waals surface area contributed by atoms with E-state index >= 15 is 0 Å². The molecule has 2 saturated heterocycles. The van der Waals surface area contributed by atoms with E-state index in [9.17, 15) is 0 Å². The van der Waals surface area contributed by atoms with Gasteiger partial charge in [-0.1, -0.05) is 6.92 Å². The van der Waals surface area contributed by atoms with Gasteiger partial charge < -0.3 is 15.4 Å². The van der Waals surface area contributed by atoms with Gasteiger partial charge in [-0.3, -0.25) is 5.41 Å². The largest absolute Gasteiger partial charge is 0.387 e. The Kier molecular flexibility index (Phi) is 3.50. The smallest absolute Gasteiger partial charge is 0.0966 e. The molecule has 0 bridgehead atoms. The number of nitrogens with zero attached hydrogens (tertiary/aromatic N) is 1. The summed E-state index contributed by atoms with van der Waals surface area (Å²) in [6.45, 7) is 6.21. The van der Waals surface area contributed by atoms with E-state index < -0.39 is 0 Å². The number of piperidine rings is 1. The summed E-state index contributed by atoms with van der Waals surface area (Å²) in [5, 5.41) is 7.61. The van der Waals surface area contributed by atoms with Crippen molar-refractivity contribution in [2.45, 2.75) is 38.7 Å². The van der Waals surface area contributed by atoms with E-state index in [0.717, 1.165) is 39.1 Å². The second kappa shape index (κ2) is 4.72. The van der Waals surface area contributed by atoms with Gasteiger partial charge >= 0.3 is 0 Å². The minimum atomic E-state index is -0.0625. The first kappa shape index (κ1) is 11.9. The van der Waals surface area contributed by atoms with E-state index in [2.05, 4.69) is 11.8 Å². The Morgan fingerprint density at radius 2 is 2.19 bits per heavy atom. The predicted molar refractivity (Wildman–Crippen MR) is 64.7 cm³/mol. The number of nitrogens with two attached hydrogens (primary N) is 1. The lowest BCUT2D eigenvalue weighted by molar-refractivity contribution is 0.0555. The quantitative estimate of drug-likeness (QED) is 0.560. The standard InChI is InChI=1S/C12H23N3O/c1-12(11(13)14)4-6-15(7-5-12)9-10-3-2-8-16-10/h10H,2-9H2,1H3,(H3,13,14). The third-order valence-electron chi connectivity index (χ3n) is 4.10. The highest BCUT2D eigenvalue weighted by Crippen LogP contribution is 2.31. The lowest BCUT2D eigenvalue weighted by Crippen LogP contribution is -2.46. The Hall–Kier alpha value is -0.610. The predicted octanol–water partition coefficient (Wildman–Crippen LogP) is 1.20. The Morgan fingerprint density at radius 3 is 2.69 bits per heavy atom. The van der Waals surface area contributed by atoms with E-state index in [1.165, 1.54) is 12.8 Å². The maximum atomic E-state index is 7.61. The molecule has 4 nitrogen and oxygen atoms in total. The van der Waals surface area contributed by atoms with E-state index in [0.29, 0.717) is 11.9 Å². The summed E-state index contributed by atoms with van der Waals surface area (Å²) >= 11 is 0. The summed E-state index contributed by atoms with van der Waals surface area (Å²) in [6, 6.07) is 0. The van der Waals surface area contributed by atoms with Gasteiger partial charge in [-0.2, -0.15) is 0 Å². The van der Waals surface area contributed by atoms with Crippen molar-refractivity contribution in [2.24, 2.45) is 11.1 Å². The fourth-order valence-corrected chi connectivity index (χ4v) is 2.57. The van der Waals surface area contributed by atoms with Crippen LogP contribution in [0.25, 0.3) is 0 Å².